The predicted octanol–water partition coefficient (Wildman–Crippen LogP) is 3.10. The Bertz CT molecular complexity index is 1150. The first kappa shape index (κ1) is 16.2. The Labute approximate surface area is 155 Å². The van der Waals surface area contributed by atoms with E-state index in [2.05, 4.69) is 36.3 Å². The van der Waals surface area contributed by atoms with E-state index in [1.807, 2.05) is 30.3 Å². The highest BCUT2D eigenvalue weighted by Crippen LogP contribution is 2.17. The number of nitrogens with one attached hydrogen (secondary N) is 2. The molecule has 2 heterocycles. The number of carbonyl (C=O) groups excluding carboxylic acids is 1. The molecule has 26 heavy (non-hydrogen) atoms. The van der Waals surface area contributed by atoms with Crippen molar-refractivity contribution in [3.8, 4) is 11.4 Å². The first-order valence-corrected chi connectivity index (χ1v) is 8.52. The van der Waals surface area contributed by atoms with Gasteiger partial charge in [0.15, 0.2) is 5.82 Å². The smallest absolute Gasteiger partial charge is 0.256 e. The molecule has 0 bridgehead atoms. The third-order valence-electron chi connectivity index (χ3n) is 3.72. The summed E-state index contributed by atoms with van der Waals surface area (Å²) >= 11 is 3.33. The van der Waals surface area contributed by atoms with Gasteiger partial charge in [-0.25, -0.2) is 0 Å². The lowest BCUT2D eigenvalue weighted by Crippen LogP contribution is -2.18. The van der Waals surface area contributed by atoms with Crippen molar-refractivity contribution in [1.82, 2.24) is 19.6 Å². The van der Waals surface area contributed by atoms with E-state index in [0.29, 0.717) is 11.4 Å². The van der Waals surface area contributed by atoms with E-state index >= 15 is 0 Å². The van der Waals surface area contributed by atoms with Crippen molar-refractivity contribution >= 4 is 33.4 Å². The van der Waals surface area contributed by atoms with Gasteiger partial charge in [0.05, 0.1) is 0 Å². The molecule has 2 aromatic heterocycles. The topological polar surface area (TPSA) is 92.1 Å². The van der Waals surface area contributed by atoms with E-state index < -0.39 is 0 Å². The number of aromatic nitrogens is 4. The van der Waals surface area contributed by atoms with Crippen LogP contribution in [0.4, 0.5) is 5.82 Å². The van der Waals surface area contributed by atoms with Crippen LogP contribution in [-0.2, 0) is 0 Å². The number of rotatable bonds is 3. The average molecular weight is 410 g/mol. The van der Waals surface area contributed by atoms with E-state index in [4.69, 9.17) is 0 Å². The SMILES string of the molecule is O=C(Nc1cc(=O)[nH]c2nc(-c3ccccc3)nn12)c1ccc(Br)cc1. The number of H-pyrrole nitrogens is 1. The zero-order valence-electron chi connectivity index (χ0n) is 13.3. The molecule has 4 aromatic rings. The summed E-state index contributed by atoms with van der Waals surface area (Å²) in [6, 6.07) is 17.6. The number of nitrogens with zero attached hydrogens (tertiary/aromatic N) is 3. The molecule has 0 unspecified atom stereocenters. The van der Waals surface area contributed by atoms with Crippen molar-refractivity contribution < 1.29 is 4.79 Å². The minimum atomic E-state index is -0.379. The van der Waals surface area contributed by atoms with Crippen LogP contribution in [0.3, 0.4) is 0 Å². The third-order valence-corrected chi connectivity index (χ3v) is 4.25. The summed E-state index contributed by atoms with van der Waals surface area (Å²) in [5, 5.41) is 7.11. The Hall–Kier alpha value is -3.26. The molecule has 0 fully saturated rings. The van der Waals surface area contributed by atoms with Crippen molar-refractivity contribution in [2.75, 3.05) is 5.32 Å². The Morgan fingerprint density at radius 2 is 1.81 bits per heavy atom. The van der Waals surface area contributed by atoms with Gasteiger partial charge in [0, 0.05) is 21.7 Å². The molecule has 0 spiro atoms. The zero-order valence-corrected chi connectivity index (χ0v) is 14.9. The number of hydrogen-bond acceptors (Lipinski definition) is 4. The summed E-state index contributed by atoms with van der Waals surface area (Å²) in [5.74, 6) is 0.599. The van der Waals surface area contributed by atoms with E-state index in [1.165, 1.54) is 10.6 Å². The van der Waals surface area contributed by atoms with Crippen LogP contribution >= 0.6 is 15.9 Å². The summed E-state index contributed by atoms with van der Waals surface area (Å²) in [7, 11) is 0. The van der Waals surface area contributed by atoms with E-state index in [1.54, 1.807) is 24.3 Å². The van der Waals surface area contributed by atoms with Crippen molar-refractivity contribution in [3.63, 3.8) is 0 Å². The van der Waals surface area contributed by atoms with Crippen LogP contribution in [0.15, 0.2) is 69.9 Å². The largest absolute Gasteiger partial charge is 0.306 e. The van der Waals surface area contributed by atoms with Gasteiger partial charge >= 0.3 is 0 Å². The molecule has 1 amide bonds. The maximum Gasteiger partial charge on any atom is 0.256 e. The molecule has 0 aliphatic carbocycles. The number of carbonyl (C=O) groups is 1. The number of fused-ring (bicyclic) bond motifs is 1. The van der Waals surface area contributed by atoms with Crippen LogP contribution < -0.4 is 10.9 Å². The summed E-state index contributed by atoms with van der Waals surface area (Å²) in [5.41, 5.74) is 0.892. The van der Waals surface area contributed by atoms with Crippen LogP contribution in [0.5, 0.6) is 0 Å². The number of aromatic amines is 1. The molecular weight excluding hydrogens is 398 g/mol. The lowest BCUT2D eigenvalue weighted by Gasteiger charge is -2.06. The Morgan fingerprint density at radius 1 is 1.08 bits per heavy atom. The van der Waals surface area contributed by atoms with Crippen LogP contribution in [0.1, 0.15) is 10.4 Å². The third kappa shape index (κ3) is 3.14. The summed E-state index contributed by atoms with van der Waals surface area (Å²) < 4.78 is 2.27. The van der Waals surface area contributed by atoms with Crippen molar-refractivity contribution in [2.45, 2.75) is 0 Å². The van der Waals surface area contributed by atoms with Crippen molar-refractivity contribution in [1.29, 1.82) is 0 Å². The van der Waals surface area contributed by atoms with E-state index in [0.717, 1.165) is 10.0 Å². The minimum Gasteiger partial charge on any atom is -0.306 e. The monoisotopic (exact) mass is 409 g/mol. The molecule has 128 valence electrons. The standard InChI is InChI=1S/C18H12BrN5O2/c19-13-8-6-12(7-9-13)17(26)20-14-10-15(25)21-18-22-16(23-24(14)18)11-4-2-1-3-5-11/h1-10H,(H,20,26)(H,21,22,23,25). The lowest BCUT2D eigenvalue weighted by molar-refractivity contribution is 0.102. The highest BCUT2D eigenvalue weighted by molar-refractivity contribution is 9.10. The zero-order chi connectivity index (χ0) is 18.1. The second kappa shape index (κ2) is 6.57. The van der Waals surface area contributed by atoms with E-state index in [9.17, 15) is 9.59 Å². The molecule has 4 rings (SSSR count). The lowest BCUT2D eigenvalue weighted by atomic mass is 10.2. The fourth-order valence-corrected chi connectivity index (χ4v) is 2.75. The normalized spacial score (nSPS) is 10.8. The average Bonchev–Trinajstić information content (AvgIpc) is 3.07. The Kier molecular flexibility index (Phi) is 4.10. The molecule has 2 aromatic carbocycles. The summed E-state index contributed by atoms with van der Waals surface area (Å²) in [6.07, 6.45) is 0. The molecule has 0 atom stereocenters. The van der Waals surface area contributed by atoms with Crippen LogP contribution in [0, 0.1) is 0 Å². The summed E-state index contributed by atoms with van der Waals surface area (Å²) in [6.45, 7) is 0. The van der Waals surface area contributed by atoms with Crippen LogP contribution in [0.2, 0.25) is 0 Å². The van der Waals surface area contributed by atoms with Crippen molar-refractivity contribution in [3.05, 3.63) is 81.1 Å². The molecule has 7 nitrogen and oxygen atoms in total. The molecule has 2 N–H and O–H groups in total. The van der Waals surface area contributed by atoms with Crippen LogP contribution in [0.25, 0.3) is 17.2 Å². The van der Waals surface area contributed by atoms with Crippen molar-refractivity contribution in [2.24, 2.45) is 0 Å². The molecular formula is C18H12BrN5O2. The van der Waals surface area contributed by atoms with Gasteiger partial charge in [-0.2, -0.15) is 9.50 Å². The Balaban J connectivity index is 1.74. The Morgan fingerprint density at radius 3 is 2.54 bits per heavy atom. The van der Waals surface area contributed by atoms with Gasteiger partial charge in [-0.15, -0.1) is 5.10 Å². The molecule has 0 saturated heterocycles. The number of anilines is 1. The number of hydrogen-bond donors (Lipinski definition) is 2. The minimum absolute atomic E-state index is 0.242. The van der Waals surface area contributed by atoms with Gasteiger partial charge in [0.25, 0.3) is 11.5 Å². The van der Waals surface area contributed by atoms with Gasteiger partial charge in [-0.3, -0.25) is 14.6 Å². The first-order chi connectivity index (χ1) is 12.6. The molecule has 0 aliphatic heterocycles. The number of benzene rings is 2. The van der Waals surface area contributed by atoms with Crippen LogP contribution in [-0.4, -0.2) is 25.5 Å². The first-order valence-electron chi connectivity index (χ1n) is 7.72. The van der Waals surface area contributed by atoms with Gasteiger partial charge in [-0.05, 0) is 24.3 Å². The maximum atomic E-state index is 12.5. The van der Waals surface area contributed by atoms with Gasteiger partial charge < -0.3 is 5.32 Å². The summed E-state index contributed by atoms with van der Waals surface area (Å²) in [4.78, 5) is 31.3. The fraction of sp³-hybridized carbons (Fsp3) is 0. The number of halogens is 1. The quantitative estimate of drug-likeness (QED) is 0.543. The molecule has 0 aliphatic rings. The predicted molar refractivity (Wildman–Crippen MR) is 101 cm³/mol. The molecule has 8 heteroatoms. The second-order valence-electron chi connectivity index (χ2n) is 5.52. The fourth-order valence-electron chi connectivity index (χ4n) is 2.48. The number of amides is 1. The highest BCUT2D eigenvalue weighted by Gasteiger charge is 2.13. The van der Waals surface area contributed by atoms with Gasteiger partial charge in [-0.1, -0.05) is 46.3 Å². The molecule has 0 saturated carbocycles. The van der Waals surface area contributed by atoms with Gasteiger partial charge in [0.2, 0.25) is 5.78 Å². The van der Waals surface area contributed by atoms with E-state index in [-0.39, 0.29) is 23.1 Å². The highest BCUT2D eigenvalue weighted by atomic mass is 79.9. The second-order valence-corrected chi connectivity index (χ2v) is 6.43. The molecule has 0 radical (unpaired) electrons. The maximum absolute atomic E-state index is 12.5. The van der Waals surface area contributed by atoms with Gasteiger partial charge in [0.1, 0.15) is 5.82 Å².